The van der Waals surface area contributed by atoms with Crippen molar-refractivity contribution in [3.63, 3.8) is 0 Å². The van der Waals surface area contributed by atoms with Gasteiger partial charge < -0.3 is 9.52 Å². The van der Waals surface area contributed by atoms with Crippen molar-refractivity contribution in [2.24, 2.45) is 5.92 Å². The molecule has 2 aromatic heterocycles. The number of furan rings is 1. The van der Waals surface area contributed by atoms with Gasteiger partial charge in [-0.15, -0.1) is 0 Å². The summed E-state index contributed by atoms with van der Waals surface area (Å²) in [7, 11) is 0. The predicted molar refractivity (Wildman–Crippen MR) is 100 cm³/mol. The Labute approximate surface area is 157 Å². The topological polar surface area (TPSA) is 79.5 Å². The summed E-state index contributed by atoms with van der Waals surface area (Å²) >= 11 is 0. The third kappa shape index (κ3) is 4.06. The molecule has 0 radical (unpaired) electrons. The Kier molecular flexibility index (Phi) is 4.98. The van der Waals surface area contributed by atoms with Crippen molar-refractivity contribution in [2.75, 3.05) is 13.1 Å². The molecule has 1 fully saturated rings. The van der Waals surface area contributed by atoms with E-state index < -0.39 is 5.97 Å². The van der Waals surface area contributed by atoms with E-state index in [1.165, 1.54) is 0 Å². The Morgan fingerprint density at radius 2 is 2.11 bits per heavy atom. The third-order valence-corrected chi connectivity index (χ3v) is 4.95. The van der Waals surface area contributed by atoms with Crippen LogP contribution >= 0.6 is 0 Å². The number of likely N-dealkylation sites (tertiary alicyclic amines) is 1. The first-order valence-electron chi connectivity index (χ1n) is 9.07. The minimum Gasteiger partial charge on any atom is -0.478 e. The van der Waals surface area contributed by atoms with Crippen molar-refractivity contribution >= 4 is 5.97 Å². The molecule has 1 atom stereocenters. The van der Waals surface area contributed by atoms with Crippen LogP contribution in [0.5, 0.6) is 0 Å². The van der Waals surface area contributed by atoms with E-state index >= 15 is 0 Å². The second-order valence-electron chi connectivity index (χ2n) is 6.91. The van der Waals surface area contributed by atoms with Crippen LogP contribution in [0.3, 0.4) is 0 Å². The summed E-state index contributed by atoms with van der Waals surface area (Å²) < 4.78 is 5.95. The van der Waals surface area contributed by atoms with Gasteiger partial charge in [0, 0.05) is 30.7 Å². The number of benzene rings is 1. The van der Waals surface area contributed by atoms with E-state index in [0.29, 0.717) is 17.2 Å². The number of carboxylic acid groups (broad SMARTS) is 1. The van der Waals surface area contributed by atoms with Crippen molar-refractivity contribution in [1.82, 2.24) is 14.9 Å². The molecule has 0 bridgehead atoms. The van der Waals surface area contributed by atoms with Crippen LogP contribution < -0.4 is 0 Å². The molecule has 3 aromatic rings. The lowest BCUT2D eigenvalue weighted by molar-refractivity contribution is 0.0697. The van der Waals surface area contributed by atoms with Crippen LogP contribution in [0.1, 0.15) is 28.2 Å². The Morgan fingerprint density at radius 1 is 1.22 bits per heavy atom. The largest absolute Gasteiger partial charge is 0.478 e. The molecule has 1 aliphatic rings. The lowest BCUT2D eigenvalue weighted by Gasteiger charge is -2.14. The number of rotatable bonds is 6. The zero-order valence-electron chi connectivity index (χ0n) is 14.9. The molecular weight excluding hydrogens is 342 g/mol. The smallest absolute Gasteiger partial charge is 0.336 e. The van der Waals surface area contributed by atoms with Gasteiger partial charge in [-0.2, -0.15) is 0 Å². The van der Waals surface area contributed by atoms with Gasteiger partial charge in [0.05, 0.1) is 17.8 Å². The summed E-state index contributed by atoms with van der Waals surface area (Å²) in [5.74, 6) is 1.07. The van der Waals surface area contributed by atoms with Crippen LogP contribution in [-0.4, -0.2) is 39.0 Å². The molecule has 4 rings (SSSR count). The molecule has 6 heteroatoms. The SMILES string of the molecule is O=C(O)c1ccccc1-c1ccc(CN2CC[C@@H](Cc3cnccn3)C2)o1. The number of nitrogens with zero attached hydrogens (tertiary/aromatic N) is 3. The summed E-state index contributed by atoms with van der Waals surface area (Å²) in [5, 5.41) is 9.35. The first kappa shape index (κ1) is 17.4. The maximum atomic E-state index is 11.4. The zero-order chi connectivity index (χ0) is 18.6. The highest BCUT2D eigenvalue weighted by Crippen LogP contribution is 2.28. The molecule has 0 spiro atoms. The van der Waals surface area contributed by atoms with E-state index in [1.54, 1.807) is 30.6 Å². The normalized spacial score (nSPS) is 17.3. The lowest BCUT2D eigenvalue weighted by Crippen LogP contribution is -2.20. The van der Waals surface area contributed by atoms with Gasteiger partial charge in [0.15, 0.2) is 0 Å². The van der Waals surface area contributed by atoms with Gasteiger partial charge in [0.1, 0.15) is 11.5 Å². The lowest BCUT2D eigenvalue weighted by atomic mass is 10.0. The fraction of sp³-hybridized carbons (Fsp3) is 0.286. The maximum absolute atomic E-state index is 11.4. The minimum atomic E-state index is -0.949. The van der Waals surface area contributed by atoms with E-state index in [9.17, 15) is 9.90 Å². The van der Waals surface area contributed by atoms with Crippen LogP contribution in [-0.2, 0) is 13.0 Å². The summed E-state index contributed by atoms with van der Waals surface area (Å²) in [4.78, 5) is 22.3. The molecule has 1 saturated heterocycles. The Morgan fingerprint density at radius 3 is 2.93 bits per heavy atom. The van der Waals surface area contributed by atoms with Crippen molar-refractivity contribution in [2.45, 2.75) is 19.4 Å². The molecule has 0 amide bonds. The second kappa shape index (κ2) is 7.72. The summed E-state index contributed by atoms with van der Waals surface area (Å²) in [6, 6.07) is 10.7. The van der Waals surface area contributed by atoms with E-state index in [0.717, 1.165) is 43.9 Å². The molecule has 0 saturated carbocycles. The van der Waals surface area contributed by atoms with E-state index in [2.05, 4.69) is 14.9 Å². The number of hydrogen-bond donors (Lipinski definition) is 1. The van der Waals surface area contributed by atoms with Gasteiger partial charge >= 0.3 is 5.97 Å². The van der Waals surface area contributed by atoms with Crippen molar-refractivity contribution in [1.29, 1.82) is 0 Å². The predicted octanol–water partition coefficient (Wildman–Crippen LogP) is 3.50. The number of aromatic carboxylic acids is 1. The molecular formula is C21H21N3O3. The van der Waals surface area contributed by atoms with Gasteiger partial charge in [0.25, 0.3) is 0 Å². The van der Waals surface area contributed by atoms with Gasteiger partial charge in [-0.25, -0.2) is 4.79 Å². The van der Waals surface area contributed by atoms with Gasteiger partial charge in [-0.1, -0.05) is 18.2 Å². The van der Waals surface area contributed by atoms with E-state index in [-0.39, 0.29) is 5.56 Å². The molecule has 6 nitrogen and oxygen atoms in total. The third-order valence-electron chi connectivity index (χ3n) is 4.95. The first-order valence-corrected chi connectivity index (χ1v) is 9.07. The van der Waals surface area contributed by atoms with Gasteiger partial charge in [0.2, 0.25) is 0 Å². The van der Waals surface area contributed by atoms with Gasteiger partial charge in [-0.05, 0) is 43.5 Å². The van der Waals surface area contributed by atoms with E-state index in [4.69, 9.17) is 4.42 Å². The molecule has 0 aliphatic carbocycles. The average molecular weight is 363 g/mol. The molecule has 1 aliphatic heterocycles. The number of carboxylic acids is 1. The standard InChI is InChI=1S/C21H21N3O3/c25-21(26)19-4-2-1-3-18(19)20-6-5-17(27-20)14-24-10-7-15(13-24)11-16-12-22-8-9-23-16/h1-6,8-9,12,15H,7,10-11,13-14H2,(H,25,26)/t15-/m0/s1. The Hall–Kier alpha value is -2.99. The highest BCUT2D eigenvalue weighted by Gasteiger charge is 2.24. The average Bonchev–Trinajstić information content (AvgIpc) is 3.32. The quantitative estimate of drug-likeness (QED) is 0.722. The second-order valence-corrected chi connectivity index (χ2v) is 6.91. The minimum absolute atomic E-state index is 0.253. The van der Waals surface area contributed by atoms with E-state index in [1.807, 2.05) is 24.4 Å². The Balaban J connectivity index is 1.40. The highest BCUT2D eigenvalue weighted by atomic mass is 16.4. The van der Waals surface area contributed by atoms with Crippen LogP contribution in [0.25, 0.3) is 11.3 Å². The number of carbonyl (C=O) groups is 1. The van der Waals surface area contributed by atoms with Crippen LogP contribution in [0.2, 0.25) is 0 Å². The van der Waals surface area contributed by atoms with Crippen LogP contribution in [0.4, 0.5) is 0 Å². The monoisotopic (exact) mass is 363 g/mol. The molecule has 3 heterocycles. The van der Waals surface area contributed by atoms with Crippen molar-refractivity contribution in [3.8, 4) is 11.3 Å². The molecule has 0 unspecified atom stereocenters. The Bertz CT molecular complexity index is 923. The van der Waals surface area contributed by atoms with Gasteiger partial charge in [-0.3, -0.25) is 14.9 Å². The molecule has 138 valence electrons. The van der Waals surface area contributed by atoms with Crippen molar-refractivity contribution < 1.29 is 14.3 Å². The summed E-state index contributed by atoms with van der Waals surface area (Å²) in [6.07, 6.45) is 7.34. The zero-order valence-corrected chi connectivity index (χ0v) is 14.9. The summed E-state index contributed by atoms with van der Waals surface area (Å²) in [6.45, 7) is 2.75. The molecule has 1 N–H and O–H groups in total. The fourth-order valence-electron chi connectivity index (χ4n) is 3.67. The highest BCUT2D eigenvalue weighted by molar-refractivity contribution is 5.95. The van der Waals surface area contributed by atoms with Crippen LogP contribution in [0, 0.1) is 5.92 Å². The maximum Gasteiger partial charge on any atom is 0.336 e. The molecule has 1 aromatic carbocycles. The first-order chi connectivity index (χ1) is 13.2. The van der Waals surface area contributed by atoms with Crippen LogP contribution in [0.15, 0.2) is 59.4 Å². The number of hydrogen-bond acceptors (Lipinski definition) is 5. The van der Waals surface area contributed by atoms with Crippen molar-refractivity contribution in [3.05, 3.63) is 72.0 Å². The summed E-state index contributed by atoms with van der Waals surface area (Å²) in [5.41, 5.74) is 1.90. The number of aromatic nitrogens is 2. The molecule has 27 heavy (non-hydrogen) atoms. The fourth-order valence-corrected chi connectivity index (χ4v) is 3.67.